The van der Waals surface area contributed by atoms with E-state index >= 15 is 0 Å². The van der Waals surface area contributed by atoms with E-state index in [1.165, 1.54) is 18.2 Å². The Hall–Kier alpha value is -1.55. The fraction of sp³-hybridized carbons (Fsp3) is 0.0833. The molecule has 1 aromatic heterocycles. The van der Waals surface area contributed by atoms with Crippen LogP contribution in [0.4, 0.5) is 9.39 Å². The van der Waals surface area contributed by atoms with Crippen LogP contribution in [0.3, 0.4) is 0 Å². The zero-order valence-electron chi connectivity index (χ0n) is 10.1. The fourth-order valence-corrected chi connectivity index (χ4v) is 3.06. The summed E-state index contributed by atoms with van der Waals surface area (Å²) in [5, 5.41) is 11.7. The SMILES string of the molecule is Cc1nsc(NC(=O)c2ccc(F)cc2I)c1C(=O)O. The Morgan fingerprint density at radius 3 is 2.75 bits per heavy atom. The lowest BCUT2D eigenvalue weighted by Crippen LogP contribution is -2.15. The molecule has 0 aliphatic rings. The van der Waals surface area contributed by atoms with Gasteiger partial charge in [-0.2, -0.15) is 4.37 Å². The minimum atomic E-state index is -1.15. The van der Waals surface area contributed by atoms with Crippen LogP contribution >= 0.6 is 34.1 Å². The van der Waals surface area contributed by atoms with Gasteiger partial charge in [-0.1, -0.05) is 0 Å². The highest BCUT2D eigenvalue weighted by molar-refractivity contribution is 14.1. The molecule has 5 nitrogen and oxygen atoms in total. The lowest BCUT2D eigenvalue weighted by Gasteiger charge is -2.06. The smallest absolute Gasteiger partial charge is 0.340 e. The number of aromatic carboxylic acids is 1. The Balaban J connectivity index is 2.31. The van der Waals surface area contributed by atoms with Crippen LogP contribution in [0.5, 0.6) is 0 Å². The zero-order valence-corrected chi connectivity index (χ0v) is 13.1. The summed E-state index contributed by atoms with van der Waals surface area (Å²) in [5.41, 5.74) is 0.585. The van der Waals surface area contributed by atoms with E-state index in [4.69, 9.17) is 5.11 Å². The van der Waals surface area contributed by atoms with Crippen molar-refractivity contribution in [1.82, 2.24) is 4.37 Å². The van der Waals surface area contributed by atoms with Crippen LogP contribution < -0.4 is 5.32 Å². The number of carboxylic acids is 1. The van der Waals surface area contributed by atoms with Gasteiger partial charge < -0.3 is 10.4 Å². The van der Waals surface area contributed by atoms with Gasteiger partial charge in [0, 0.05) is 3.57 Å². The maximum Gasteiger partial charge on any atom is 0.340 e. The van der Waals surface area contributed by atoms with Gasteiger partial charge in [0.1, 0.15) is 16.4 Å². The molecular formula is C12H8FIN2O3S. The molecule has 0 fully saturated rings. The predicted octanol–water partition coefficient (Wildman–Crippen LogP) is 3.15. The third-order valence-corrected chi connectivity index (χ3v) is 4.23. The summed E-state index contributed by atoms with van der Waals surface area (Å²) in [4.78, 5) is 23.2. The molecule has 0 unspecified atom stereocenters. The van der Waals surface area contributed by atoms with Crippen molar-refractivity contribution in [2.24, 2.45) is 0 Å². The van der Waals surface area contributed by atoms with E-state index in [0.717, 1.165) is 11.5 Å². The highest BCUT2D eigenvalue weighted by Crippen LogP contribution is 2.25. The molecule has 0 bridgehead atoms. The average Bonchev–Trinajstić information content (AvgIpc) is 2.70. The first-order valence-corrected chi connectivity index (χ1v) is 7.21. The topological polar surface area (TPSA) is 79.3 Å². The highest BCUT2D eigenvalue weighted by atomic mass is 127. The van der Waals surface area contributed by atoms with Gasteiger partial charge in [-0.15, -0.1) is 0 Å². The van der Waals surface area contributed by atoms with Gasteiger partial charge in [-0.3, -0.25) is 4.79 Å². The molecule has 8 heteroatoms. The average molecular weight is 406 g/mol. The molecule has 2 aromatic rings. The summed E-state index contributed by atoms with van der Waals surface area (Å²) in [6.45, 7) is 1.55. The van der Waals surface area contributed by atoms with Crippen LogP contribution in [0.2, 0.25) is 0 Å². The highest BCUT2D eigenvalue weighted by Gasteiger charge is 2.20. The third-order valence-electron chi connectivity index (χ3n) is 2.48. The molecule has 0 radical (unpaired) electrons. The van der Waals surface area contributed by atoms with Crippen LogP contribution in [0.25, 0.3) is 0 Å². The number of rotatable bonds is 3. The van der Waals surface area contributed by atoms with Crippen molar-refractivity contribution in [1.29, 1.82) is 0 Å². The van der Waals surface area contributed by atoms with E-state index in [9.17, 15) is 14.0 Å². The number of carbonyl (C=O) groups excluding carboxylic acids is 1. The van der Waals surface area contributed by atoms with Crippen LogP contribution in [-0.2, 0) is 0 Å². The van der Waals surface area contributed by atoms with Gasteiger partial charge in [-0.05, 0) is 59.2 Å². The Morgan fingerprint density at radius 2 is 2.15 bits per heavy atom. The minimum absolute atomic E-state index is 0.0273. The van der Waals surface area contributed by atoms with E-state index < -0.39 is 17.7 Å². The van der Waals surface area contributed by atoms with Crippen molar-refractivity contribution >= 4 is 51.0 Å². The second-order valence-corrected chi connectivity index (χ2v) is 5.79. The molecule has 1 heterocycles. The maximum absolute atomic E-state index is 13.0. The van der Waals surface area contributed by atoms with Crippen molar-refractivity contribution < 1.29 is 19.1 Å². The maximum atomic E-state index is 13.0. The Kier molecular flexibility index (Phi) is 4.33. The summed E-state index contributed by atoms with van der Waals surface area (Å²) in [5.74, 6) is -2.09. The van der Waals surface area contributed by atoms with Crippen molar-refractivity contribution in [3.63, 3.8) is 0 Å². The number of halogens is 2. The van der Waals surface area contributed by atoms with Crippen molar-refractivity contribution in [2.45, 2.75) is 6.92 Å². The second kappa shape index (κ2) is 5.83. The number of anilines is 1. The minimum Gasteiger partial charge on any atom is -0.478 e. The van der Waals surface area contributed by atoms with Crippen molar-refractivity contribution in [3.05, 3.63) is 44.4 Å². The quantitative estimate of drug-likeness (QED) is 0.768. The molecule has 0 saturated heterocycles. The van der Waals surface area contributed by atoms with E-state index in [0.29, 0.717) is 9.26 Å². The molecule has 0 aliphatic carbocycles. The molecule has 1 aromatic carbocycles. The number of nitrogens with zero attached hydrogens (tertiary/aromatic N) is 1. The summed E-state index contributed by atoms with van der Waals surface area (Å²) in [7, 11) is 0. The van der Waals surface area contributed by atoms with E-state index in [1.54, 1.807) is 6.92 Å². The Labute approximate surface area is 131 Å². The molecule has 20 heavy (non-hydrogen) atoms. The molecule has 104 valence electrons. The first-order valence-electron chi connectivity index (χ1n) is 5.36. The predicted molar refractivity (Wildman–Crippen MR) is 80.9 cm³/mol. The van der Waals surface area contributed by atoms with Gasteiger partial charge in [0.2, 0.25) is 0 Å². The Bertz CT molecular complexity index is 702. The van der Waals surface area contributed by atoms with Gasteiger partial charge in [-0.25, -0.2) is 9.18 Å². The number of hydrogen-bond donors (Lipinski definition) is 2. The molecule has 2 N–H and O–H groups in total. The third kappa shape index (κ3) is 2.96. The van der Waals surface area contributed by atoms with E-state index in [2.05, 4.69) is 9.69 Å². The van der Waals surface area contributed by atoms with Crippen LogP contribution in [-0.4, -0.2) is 21.4 Å². The van der Waals surface area contributed by atoms with E-state index in [-0.39, 0.29) is 16.1 Å². The van der Waals surface area contributed by atoms with Crippen LogP contribution in [0.1, 0.15) is 26.4 Å². The molecular weight excluding hydrogens is 398 g/mol. The van der Waals surface area contributed by atoms with Gasteiger partial charge in [0.15, 0.2) is 0 Å². The van der Waals surface area contributed by atoms with Crippen LogP contribution in [0, 0.1) is 16.3 Å². The standard InChI is InChI=1S/C12H8FIN2O3S/c1-5-9(12(18)19)11(20-16-5)15-10(17)7-3-2-6(13)4-8(7)14/h2-4H,1H3,(H,15,17)(H,18,19). The lowest BCUT2D eigenvalue weighted by molar-refractivity contribution is 0.0697. The normalized spacial score (nSPS) is 10.3. The number of amides is 1. The summed E-state index contributed by atoms with van der Waals surface area (Å²) in [6.07, 6.45) is 0. The molecule has 2 rings (SSSR count). The number of hydrogen-bond acceptors (Lipinski definition) is 4. The zero-order chi connectivity index (χ0) is 14.9. The number of nitrogens with one attached hydrogen (secondary N) is 1. The summed E-state index contributed by atoms with van der Waals surface area (Å²) >= 11 is 2.74. The largest absolute Gasteiger partial charge is 0.478 e. The van der Waals surface area contributed by atoms with Crippen molar-refractivity contribution in [3.8, 4) is 0 Å². The number of aryl methyl sites for hydroxylation is 1. The lowest BCUT2D eigenvalue weighted by atomic mass is 10.2. The second-order valence-electron chi connectivity index (χ2n) is 3.86. The number of aromatic nitrogens is 1. The van der Waals surface area contributed by atoms with Gasteiger partial charge in [0.25, 0.3) is 5.91 Å². The first-order chi connectivity index (χ1) is 9.40. The number of carbonyl (C=O) groups is 2. The first kappa shape index (κ1) is 14.9. The summed E-state index contributed by atoms with van der Waals surface area (Å²) < 4.78 is 17.3. The van der Waals surface area contributed by atoms with Gasteiger partial charge >= 0.3 is 5.97 Å². The summed E-state index contributed by atoms with van der Waals surface area (Å²) in [6, 6.07) is 3.75. The molecule has 0 atom stereocenters. The Morgan fingerprint density at radius 1 is 1.45 bits per heavy atom. The number of carboxylic acid groups (broad SMARTS) is 1. The molecule has 0 saturated carbocycles. The fourth-order valence-electron chi connectivity index (χ4n) is 1.55. The molecule has 0 spiro atoms. The molecule has 1 amide bonds. The van der Waals surface area contributed by atoms with Crippen LogP contribution in [0.15, 0.2) is 18.2 Å². The van der Waals surface area contributed by atoms with Gasteiger partial charge in [0.05, 0.1) is 11.3 Å². The monoisotopic (exact) mass is 406 g/mol. The van der Waals surface area contributed by atoms with Crippen molar-refractivity contribution in [2.75, 3.05) is 5.32 Å². The molecule has 0 aliphatic heterocycles. The van der Waals surface area contributed by atoms with E-state index in [1.807, 2.05) is 22.6 Å². The number of benzene rings is 1.